The molecule has 0 radical (unpaired) electrons. The number of rotatable bonds is 4. The number of imide groups is 1. The van der Waals surface area contributed by atoms with Crippen molar-refractivity contribution in [1.82, 2.24) is 4.98 Å². The quantitative estimate of drug-likeness (QED) is 0.250. The van der Waals surface area contributed by atoms with Crippen molar-refractivity contribution in [1.29, 1.82) is 0 Å². The molecule has 4 nitrogen and oxygen atoms in total. The first-order valence-corrected chi connectivity index (χ1v) is 12.6. The monoisotopic (exact) mass is 486 g/mol. The summed E-state index contributed by atoms with van der Waals surface area (Å²) in [6, 6.07) is 11.3. The first-order chi connectivity index (χ1) is 15.0. The molecule has 2 aliphatic carbocycles. The van der Waals surface area contributed by atoms with Gasteiger partial charge in [0.05, 0.1) is 37.8 Å². The van der Waals surface area contributed by atoms with Crippen molar-refractivity contribution in [3.05, 3.63) is 64.2 Å². The van der Waals surface area contributed by atoms with Crippen LogP contribution in [0.2, 0.25) is 10.0 Å². The number of carbonyl (C=O) groups excluding carboxylic acids is 2. The van der Waals surface area contributed by atoms with E-state index >= 15 is 0 Å². The van der Waals surface area contributed by atoms with Gasteiger partial charge < -0.3 is 0 Å². The highest BCUT2D eigenvalue weighted by molar-refractivity contribution is 8.00. The van der Waals surface area contributed by atoms with Crippen molar-refractivity contribution >= 4 is 74.0 Å². The van der Waals surface area contributed by atoms with Gasteiger partial charge in [0.2, 0.25) is 11.8 Å². The Morgan fingerprint density at radius 3 is 2.45 bits per heavy atom. The zero-order chi connectivity index (χ0) is 21.3. The molecule has 2 bridgehead atoms. The van der Waals surface area contributed by atoms with Crippen molar-refractivity contribution in [3.63, 3.8) is 0 Å². The number of aromatic nitrogens is 1. The Hall–Kier alpha value is -1.86. The van der Waals surface area contributed by atoms with Gasteiger partial charge in [0.25, 0.3) is 0 Å². The Morgan fingerprint density at radius 2 is 1.74 bits per heavy atom. The number of anilines is 1. The van der Waals surface area contributed by atoms with Gasteiger partial charge in [-0.2, -0.15) is 0 Å². The molecule has 1 saturated heterocycles. The van der Waals surface area contributed by atoms with Crippen molar-refractivity contribution < 1.29 is 9.59 Å². The fourth-order valence-corrected chi connectivity index (χ4v) is 7.39. The molecule has 2 fully saturated rings. The Labute approximate surface area is 197 Å². The minimum Gasteiger partial charge on any atom is -0.274 e. The van der Waals surface area contributed by atoms with Crippen LogP contribution in [-0.2, 0) is 15.3 Å². The number of nitrogens with zero attached hydrogens (tertiary/aromatic N) is 2. The summed E-state index contributed by atoms with van der Waals surface area (Å²) in [5.41, 5.74) is 2.59. The van der Waals surface area contributed by atoms with Gasteiger partial charge in [-0.1, -0.05) is 53.2 Å². The fraction of sp³-hybridized carbons (Fsp3) is 0.261. The standard InChI is InChI=1S/C23H16Cl2N2O2S2/c24-15-5-1-11(7-16(15)25)10-30-23-26-17-6-4-14(9-18(17)31-23)27-21(28)19-12-2-3-13(8-12)20(19)22(27)29/h1-7,9,12-13,19-20H,8,10H2/t12-,13-,19+,20+/m0/s1. The number of hydrogen-bond donors (Lipinski definition) is 0. The van der Waals surface area contributed by atoms with Gasteiger partial charge >= 0.3 is 0 Å². The molecule has 1 aliphatic heterocycles. The Balaban J connectivity index is 1.24. The average Bonchev–Trinajstić information content (AvgIpc) is 3.51. The van der Waals surface area contributed by atoms with Gasteiger partial charge in [0.1, 0.15) is 0 Å². The summed E-state index contributed by atoms with van der Waals surface area (Å²) < 4.78 is 1.89. The average molecular weight is 487 g/mol. The van der Waals surface area contributed by atoms with Crippen LogP contribution in [-0.4, -0.2) is 16.8 Å². The number of carbonyl (C=O) groups is 2. The van der Waals surface area contributed by atoms with Crippen molar-refractivity contribution in [2.75, 3.05) is 4.90 Å². The lowest BCUT2D eigenvalue weighted by Gasteiger charge is -2.17. The highest BCUT2D eigenvalue weighted by atomic mass is 35.5. The maximum atomic E-state index is 13.1. The van der Waals surface area contributed by atoms with Gasteiger partial charge in [0, 0.05) is 5.75 Å². The van der Waals surface area contributed by atoms with E-state index in [0.717, 1.165) is 32.3 Å². The summed E-state index contributed by atoms with van der Waals surface area (Å²) in [6.45, 7) is 0. The molecular formula is C23H16Cl2N2O2S2. The highest BCUT2D eigenvalue weighted by Gasteiger charge is 2.59. The molecule has 6 rings (SSSR count). The second-order valence-electron chi connectivity index (χ2n) is 8.18. The number of amides is 2. The van der Waals surface area contributed by atoms with E-state index in [-0.39, 0.29) is 35.5 Å². The number of fused-ring (bicyclic) bond motifs is 6. The SMILES string of the molecule is O=C1[C@H]2[C@H](C(=O)N1c1ccc3nc(SCc4ccc(Cl)c(Cl)c4)sc3c1)[C@H]1C=C[C@H]2C1. The summed E-state index contributed by atoms with van der Waals surface area (Å²) in [7, 11) is 0. The summed E-state index contributed by atoms with van der Waals surface area (Å²) in [4.78, 5) is 32.2. The van der Waals surface area contributed by atoms with E-state index in [1.165, 1.54) is 4.90 Å². The smallest absolute Gasteiger partial charge is 0.238 e. The van der Waals surface area contributed by atoms with Gasteiger partial charge in [-0.3, -0.25) is 9.59 Å². The molecule has 1 aromatic heterocycles. The molecule has 0 unspecified atom stereocenters. The summed E-state index contributed by atoms with van der Waals surface area (Å²) in [6.07, 6.45) is 5.17. The van der Waals surface area contributed by atoms with Crippen LogP contribution in [0.5, 0.6) is 0 Å². The number of thiazole rings is 1. The molecule has 31 heavy (non-hydrogen) atoms. The number of benzene rings is 2. The minimum atomic E-state index is -0.183. The van der Waals surface area contributed by atoms with Crippen LogP contribution < -0.4 is 4.90 Å². The number of allylic oxidation sites excluding steroid dienone is 2. The molecule has 4 atom stereocenters. The van der Waals surface area contributed by atoms with Crippen molar-refractivity contribution in [2.24, 2.45) is 23.7 Å². The molecule has 2 heterocycles. The maximum absolute atomic E-state index is 13.1. The molecule has 156 valence electrons. The first kappa shape index (κ1) is 19.8. The van der Waals surface area contributed by atoms with Crippen LogP contribution in [0.1, 0.15) is 12.0 Å². The number of hydrogen-bond acceptors (Lipinski definition) is 5. The lowest BCUT2D eigenvalue weighted by Crippen LogP contribution is -2.32. The van der Waals surface area contributed by atoms with E-state index < -0.39 is 0 Å². The lowest BCUT2D eigenvalue weighted by atomic mass is 9.85. The van der Waals surface area contributed by atoms with Crippen LogP contribution in [0.4, 0.5) is 5.69 Å². The third-order valence-electron chi connectivity index (χ3n) is 6.43. The molecule has 0 spiro atoms. The van der Waals surface area contributed by atoms with E-state index in [1.807, 2.05) is 30.3 Å². The molecule has 1 saturated carbocycles. The zero-order valence-corrected chi connectivity index (χ0v) is 19.3. The predicted octanol–water partition coefficient (Wildman–Crippen LogP) is 6.21. The summed E-state index contributed by atoms with van der Waals surface area (Å²) >= 11 is 15.3. The normalized spacial score (nSPS) is 26.5. The van der Waals surface area contributed by atoms with Crippen LogP contribution in [0.15, 0.2) is 52.9 Å². The number of thioether (sulfide) groups is 1. The van der Waals surface area contributed by atoms with E-state index in [1.54, 1.807) is 29.2 Å². The van der Waals surface area contributed by atoms with Crippen molar-refractivity contribution in [2.45, 2.75) is 16.5 Å². The second-order valence-corrected chi connectivity index (χ2v) is 11.2. The third-order valence-corrected chi connectivity index (χ3v) is 9.40. The number of halogens is 2. The fourth-order valence-electron chi connectivity index (χ4n) is 5.02. The van der Waals surface area contributed by atoms with Gasteiger partial charge in [-0.25, -0.2) is 9.88 Å². The van der Waals surface area contributed by atoms with Gasteiger partial charge in [-0.05, 0) is 54.2 Å². The molecule has 0 N–H and O–H groups in total. The molecule has 2 aromatic carbocycles. The molecule has 3 aliphatic rings. The van der Waals surface area contributed by atoms with E-state index in [0.29, 0.717) is 15.7 Å². The van der Waals surface area contributed by atoms with E-state index in [2.05, 4.69) is 17.1 Å². The molecule has 8 heteroatoms. The zero-order valence-electron chi connectivity index (χ0n) is 16.1. The van der Waals surface area contributed by atoms with Crippen LogP contribution in [0.3, 0.4) is 0 Å². The summed E-state index contributed by atoms with van der Waals surface area (Å²) in [5, 5.41) is 1.09. The van der Waals surface area contributed by atoms with Crippen LogP contribution in [0.25, 0.3) is 10.2 Å². The minimum absolute atomic E-state index is 0.0510. The predicted molar refractivity (Wildman–Crippen MR) is 126 cm³/mol. The van der Waals surface area contributed by atoms with E-state index in [9.17, 15) is 9.59 Å². The Kier molecular flexibility index (Phi) is 4.69. The highest BCUT2D eigenvalue weighted by Crippen LogP contribution is 2.53. The Morgan fingerprint density at radius 1 is 1.00 bits per heavy atom. The molecule has 2 amide bonds. The Bertz CT molecular complexity index is 1260. The lowest BCUT2D eigenvalue weighted by molar-refractivity contribution is -0.123. The van der Waals surface area contributed by atoms with Gasteiger partial charge in [-0.15, -0.1) is 11.3 Å². The topological polar surface area (TPSA) is 50.3 Å². The second kappa shape index (κ2) is 7.34. The largest absolute Gasteiger partial charge is 0.274 e. The molecular weight excluding hydrogens is 471 g/mol. The van der Waals surface area contributed by atoms with Gasteiger partial charge in [0.15, 0.2) is 4.34 Å². The van der Waals surface area contributed by atoms with Crippen molar-refractivity contribution in [3.8, 4) is 0 Å². The van der Waals surface area contributed by atoms with Crippen LogP contribution >= 0.6 is 46.3 Å². The first-order valence-electron chi connectivity index (χ1n) is 10.0. The van der Waals surface area contributed by atoms with E-state index in [4.69, 9.17) is 23.2 Å². The molecule has 3 aromatic rings. The maximum Gasteiger partial charge on any atom is 0.238 e. The summed E-state index contributed by atoms with van der Waals surface area (Å²) in [5.74, 6) is 0.691. The van der Waals surface area contributed by atoms with Crippen LogP contribution in [0, 0.1) is 23.7 Å². The third kappa shape index (κ3) is 3.15.